The van der Waals surface area contributed by atoms with E-state index in [9.17, 15) is 18.3 Å². The maximum atomic E-state index is 12.7. The van der Waals surface area contributed by atoms with Crippen LogP contribution in [-0.2, 0) is 0 Å². The molecule has 0 saturated heterocycles. The van der Waals surface area contributed by atoms with E-state index in [0.29, 0.717) is 18.4 Å². The first-order chi connectivity index (χ1) is 7.32. The average Bonchev–Trinajstić information content (AvgIpc) is 2.22. The fourth-order valence-corrected chi connectivity index (χ4v) is 1.95. The molecule has 0 aliphatic heterocycles. The van der Waals surface area contributed by atoms with Gasteiger partial charge in [0.2, 0.25) is 0 Å². The van der Waals surface area contributed by atoms with Crippen molar-refractivity contribution < 1.29 is 18.3 Å². The zero-order valence-electron chi connectivity index (χ0n) is 8.52. The summed E-state index contributed by atoms with van der Waals surface area (Å²) in [5, 5.41) is 9.42. The van der Waals surface area contributed by atoms with Gasteiger partial charge in [0.15, 0.2) is 0 Å². The summed E-state index contributed by atoms with van der Waals surface area (Å²) in [6, 6.07) is 0. The lowest BCUT2D eigenvalue weighted by Crippen LogP contribution is -2.11. The number of alkyl halides is 3. The molecule has 1 rings (SSSR count). The smallest absolute Gasteiger partial charge is 0.393 e. The Labute approximate surface area is 100 Å². The zero-order valence-corrected chi connectivity index (χ0v) is 10.1. The van der Waals surface area contributed by atoms with E-state index in [2.05, 4.69) is 22.5 Å². The summed E-state index contributed by atoms with van der Waals surface area (Å²) in [7, 11) is 0. The van der Waals surface area contributed by atoms with E-state index in [1.54, 1.807) is 0 Å². The van der Waals surface area contributed by atoms with Crippen LogP contribution in [0, 0.1) is 0 Å². The van der Waals surface area contributed by atoms with Crippen molar-refractivity contribution in [1.29, 1.82) is 0 Å². The summed E-state index contributed by atoms with van der Waals surface area (Å²) in [5.41, 5.74) is -0.385. The van der Waals surface area contributed by atoms with E-state index in [4.69, 9.17) is 0 Å². The Bertz CT molecular complexity index is 342. The Kier molecular flexibility index (Phi) is 4.38. The van der Waals surface area contributed by atoms with Gasteiger partial charge < -0.3 is 5.11 Å². The molecule has 0 radical (unpaired) electrons. The van der Waals surface area contributed by atoms with E-state index in [0.717, 1.165) is 6.08 Å². The Hall–Kier alpha value is -0.550. The predicted molar refractivity (Wildman–Crippen MR) is 60.1 cm³/mol. The molecule has 0 unspecified atom stereocenters. The number of halogens is 4. The molecule has 1 atom stereocenters. The van der Waals surface area contributed by atoms with Crippen molar-refractivity contribution in [2.45, 2.75) is 31.5 Å². The van der Waals surface area contributed by atoms with Gasteiger partial charge in [-0.15, -0.1) is 0 Å². The molecule has 0 aromatic heterocycles. The van der Waals surface area contributed by atoms with Crippen LogP contribution in [0.2, 0.25) is 0 Å². The standard InChI is InChI=1S/C11H12BrF3O/c1-7-5-6-8(16)3-2-4-9(10(7)12)11(13,14)15/h2,4,8,16H,1,3,5-6H2/b4-2-,10-9?/t8-/m1/s1. The summed E-state index contributed by atoms with van der Waals surface area (Å²) >= 11 is 2.92. The van der Waals surface area contributed by atoms with E-state index >= 15 is 0 Å². The van der Waals surface area contributed by atoms with Crippen molar-refractivity contribution in [1.82, 2.24) is 0 Å². The molecule has 5 heteroatoms. The summed E-state index contributed by atoms with van der Waals surface area (Å²) in [6.45, 7) is 3.59. The van der Waals surface area contributed by atoms with Gasteiger partial charge in [0, 0.05) is 4.48 Å². The molecule has 0 bridgehead atoms. The van der Waals surface area contributed by atoms with Gasteiger partial charge >= 0.3 is 6.18 Å². The second-order valence-electron chi connectivity index (χ2n) is 3.66. The van der Waals surface area contributed by atoms with Crippen LogP contribution in [0.1, 0.15) is 19.3 Å². The van der Waals surface area contributed by atoms with Gasteiger partial charge in [-0.1, -0.05) is 18.7 Å². The fraction of sp³-hybridized carbons (Fsp3) is 0.455. The van der Waals surface area contributed by atoms with Gasteiger partial charge in [0.05, 0.1) is 11.7 Å². The zero-order chi connectivity index (χ0) is 12.3. The van der Waals surface area contributed by atoms with Gasteiger partial charge in [-0.05, 0) is 40.8 Å². The monoisotopic (exact) mass is 296 g/mol. The number of aliphatic hydroxyl groups is 1. The Morgan fingerprint density at radius 1 is 1.44 bits per heavy atom. The predicted octanol–water partition coefficient (Wildman–Crippen LogP) is 3.85. The highest BCUT2D eigenvalue weighted by Gasteiger charge is 2.34. The molecule has 0 aromatic rings. The first-order valence-electron chi connectivity index (χ1n) is 4.82. The third-order valence-electron chi connectivity index (χ3n) is 2.32. The summed E-state index contributed by atoms with van der Waals surface area (Å²) < 4.78 is 38.0. The van der Waals surface area contributed by atoms with Crippen LogP contribution in [-0.4, -0.2) is 17.4 Å². The van der Waals surface area contributed by atoms with Crippen molar-refractivity contribution in [2.75, 3.05) is 0 Å². The van der Waals surface area contributed by atoms with Gasteiger partial charge in [-0.25, -0.2) is 0 Å². The van der Waals surface area contributed by atoms with Crippen LogP contribution >= 0.6 is 15.9 Å². The number of hydrogen-bond donors (Lipinski definition) is 1. The molecule has 1 aliphatic carbocycles. The minimum atomic E-state index is -4.41. The quantitative estimate of drug-likeness (QED) is 0.720. The largest absolute Gasteiger partial charge is 0.417 e. The van der Waals surface area contributed by atoms with Crippen LogP contribution in [0.3, 0.4) is 0 Å². The van der Waals surface area contributed by atoms with Crippen LogP contribution in [0.4, 0.5) is 13.2 Å². The maximum absolute atomic E-state index is 12.7. The van der Waals surface area contributed by atoms with Crippen molar-refractivity contribution in [3.05, 3.63) is 34.4 Å². The third kappa shape index (κ3) is 3.49. The number of allylic oxidation sites excluding steroid dienone is 4. The third-order valence-corrected chi connectivity index (χ3v) is 3.31. The summed E-state index contributed by atoms with van der Waals surface area (Å²) in [4.78, 5) is 0. The Morgan fingerprint density at radius 3 is 2.62 bits per heavy atom. The van der Waals surface area contributed by atoms with Gasteiger partial charge in [-0.2, -0.15) is 13.2 Å². The van der Waals surface area contributed by atoms with Crippen molar-refractivity contribution in [3.8, 4) is 0 Å². The SMILES string of the molecule is C=C1CC[C@H](O)C/C=C\C(C(F)(F)F)=C1Br. The molecular formula is C11H12BrF3O. The minimum Gasteiger partial charge on any atom is -0.393 e. The van der Waals surface area contributed by atoms with Gasteiger partial charge in [0.25, 0.3) is 0 Å². The van der Waals surface area contributed by atoms with Crippen molar-refractivity contribution in [2.24, 2.45) is 0 Å². The lowest BCUT2D eigenvalue weighted by Gasteiger charge is -2.12. The second-order valence-corrected chi connectivity index (χ2v) is 4.45. The molecular weight excluding hydrogens is 285 g/mol. The maximum Gasteiger partial charge on any atom is 0.417 e. The van der Waals surface area contributed by atoms with Gasteiger partial charge in [-0.3, -0.25) is 0 Å². The highest BCUT2D eigenvalue weighted by atomic mass is 79.9. The highest BCUT2D eigenvalue weighted by Crippen LogP contribution is 2.36. The van der Waals surface area contributed by atoms with Gasteiger partial charge in [0.1, 0.15) is 0 Å². The van der Waals surface area contributed by atoms with Crippen LogP contribution in [0.5, 0.6) is 0 Å². The molecule has 0 amide bonds. The fourth-order valence-electron chi connectivity index (χ4n) is 1.39. The van der Waals surface area contributed by atoms with Crippen molar-refractivity contribution in [3.63, 3.8) is 0 Å². The molecule has 0 spiro atoms. The van der Waals surface area contributed by atoms with E-state index in [1.807, 2.05) is 0 Å². The molecule has 16 heavy (non-hydrogen) atoms. The van der Waals surface area contributed by atoms with Crippen LogP contribution in [0.25, 0.3) is 0 Å². The molecule has 1 N–H and O–H groups in total. The summed E-state index contributed by atoms with van der Waals surface area (Å²) in [5.74, 6) is 0. The van der Waals surface area contributed by atoms with E-state index in [1.165, 1.54) is 6.08 Å². The Balaban J connectivity index is 3.10. The first-order valence-corrected chi connectivity index (χ1v) is 5.61. The molecule has 1 aliphatic rings. The molecule has 0 fully saturated rings. The van der Waals surface area contributed by atoms with E-state index < -0.39 is 17.9 Å². The van der Waals surface area contributed by atoms with Crippen LogP contribution in [0.15, 0.2) is 34.4 Å². The second kappa shape index (κ2) is 5.19. The van der Waals surface area contributed by atoms with Crippen molar-refractivity contribution >= 4 is 15.9 Å². The summed E-state index contributed by atoms with van der Waals surface area (Å²) in [6.07, 6.45) is -1.69. The average molecular weight is 297 g/mol. The molecule has 1 nitrogen and oxygen atoms in total. The molecule has 90 valence electrons. The van der Waals surface area contributed by atoms with E-state index in [-0.39, 0.29) is 10.9 Å². The number of hydrogen-bond acceptors (Lipinski definition) is 1. The lowest BCUT2D eigenvalue weighted by atomic mass is 10.1. The molecule has 0 aromatic carbocycles. The molecule has 0 saturated carbocycles. The highest BCUT2D eigenvalue weighted by molar-refractivity contribution is 9.12. The first kappa shape index (κ1) is 13.5. The lowest BCUT2D eigenvalue weighted by molar-refractivity contribution is -0.0884. The number of rotatable bonds is 0. The molecule has 0 heterocycles. The normalized spacial score (nSPS) is 26.1. The topological polar surface area (TPSA) is 20.2 Å². The van der Waals surface area contributed by atoms with Crippen LogP contribution < -0.4 is 0 Å². The number of aliphatic hydroxyl groups excluding tert-OH is 1. The minimum absolute atomic E-state index is 0.0228. The Morgan fingerprint density at radius 2 is 2.06 bits per heavy atom.